The van der Waals surface area contributed by atoms with E-state index in [1.54, 1.807) is 16.7 Å². The minimum Gasteiger partial charge on any atom is -0.391 e. The Balaban J connectivity index is 1.98. The van der Waals surface area contributed by atoms with Crippen molar-refractivity contribution in [3.63, 3.8) is 0 Å². The van der Waals surface area contributed by atoms with Gasteiger partial charge in [-0.25, -0.2) is 0 Å². The standard InChI is InChI=1S/C14H19NO2S/c1-2-13(18-12-6-4-3-5-7-12)14(17)15-9-8-11(16)10-15/h3-7,11,13,16H,2,8-10H2,1H3/t11-,13?/m1/s1. The highest BCUT2D eigenvalue weighted by atomic mass is 32.2. The first kappa shape index (κ1) is 13.4. The van der Waals surface area contributed by atoms with Crippen LogP contribution in [0.1, 0.15) is 19.8 Å². The van der Waals surface area contributed by atoms with Gasteiger partial charge in [0.05, 0.1) is 11.4 Å². The summed E-state index contributed by atoms with van der Waals surface area (Å²) >= 11 is 1.61. The van der Waals surface area contributed by atoms with Gasteiger partial charge in [-0.05, 0) is 25.0 Å². The Hall–Kier alpha value is -1.00. The van der Waals surface area contributed by atoms with E-state index in [2.05, 4.69) is 0 Å². The fourth-order valence-corrected chi connectivity index (χ4v) is 3.18. The quantitative estimate of drug-likeness (QED) is 0.848. The number of likely N-dealkylation sites (tertiary alicyclic amines) is 1. The van der Waals surface area contributed by atoms with Crippen molar-refractivity contribution in [2.24, 2.45) is 0 Å². The van der Waals surface area contributed by atoms with E-state index >= 15 is 0 Å². The summed E-state index contributed by atoms with van der Waals surface area (Å²) in [6.07, 6.45) is 1.18. The van der Waals surface area contributed by atoms with Gasteiger partial charge in [0.25, 0.3) is 0 Å². The SMILES string of the molecule is CCC(Sc1ccccc1)C(=O)N1CC[C@@H](O)C1. The van der Waals surface area contributed by atoms with E-state index in [-0.39, 0.29) is 17.3 Å². The summed E-state index contributed by atoms with van der Waals surface area (Å²) < 4.78 is 0. The molecule has 1 N–H and O–H groups in total. The van der Waals surface area contributed by atoms with Crippen LogP contribution in [0.15, 0.2) is 35.2 Å². The maximum Gasteiger partial charge on any atom is 0.236 e. The first-order valence-corrected chi connectivity index (χ1v) is 7.27. The zero-order chi connectivity index (χ0) is 13.0. The molecule has 0 spiro atoms. The molecule has 2 atom stereocenters. The molecule has 4 heteroatoms. The highest BCUT2D eigenvalue weighted by molar-refractivity contribution is 8.00. The highest BCUT2D eigenvalue weighted by Gasteiger charge is 2.29. The van der Waals surface area contributed by atoms with E-state index in [0.717, 1.165) is 11.3 Å². The average Bonchev–Trinajstić information content (AvgIpc) is 2.83. The Morgan fingerprint density at radius 1 is 1.50 bits per heavy atom. The Morgan fingerprint density at radius 2 is 2.22 bits per heavy atom. The van der Waals surface area contributed by atoms with Crippen molar-refractivity contribution < 1.29 is 9.90 Å². The van der Waals surface area contributed by atoms with Crippen LogP contribution in [0, 0.1) is 0 Å². The molecule has 0 saturated carbocycles. The number of β-amino-alcohol motifs (C(OH)–C–C–N with tert-alkyl or cyclic N) is 1. The number of amides is 1. The van der Waals surface area contributed by atoms with Crippen molar-refractivity contribution in [1.82, 2.24) is 4.90 Å². The molecule has 0 aromatic heterocycles. The molecule has 1 aliphatic heterocycles. The number of nitrogens with zero attached hydrogens (tertiary/aromatic N) is 1. The summed E-state index contributed by atoms with van der Waals surface area (Å²) in [5.41, 5.74) is 0. The summed E-state index contributed by atoms with van der Waals surface area (Å²) in [5.74, 6) is 0.155. The lowest BCUT2D eigenvalue weighted by Gasteiger charge is -2.21. The van der Waals surface area contributed by atoms with Gasteiger partial charge in [-0.15, -0.1) is 11.8 Å². The third-order valence-corrected chi connectivity index (χ3v) is 4.51. The predicted molar refractivity (Wildman–Crippen MR) is 73.6 cm³/mol. The third kappa shape index (κ3) is 3.27. The highest BCUT2D eigenvalue weighted by Crippen LogP contribution is 2.27. The Kier molecular flexibility index (Phi) is 4.66. The smallest absolute Gasteiger partial charge is 0.236 e. The molecule has 1 unspecified atom stereocenters. The summed E-state index contributed by atoms with van der Waals surface area (Å²) in [7, 11) is 0. The van der Waals surface area contributed by atoms with Crippen LogP contribution in [-0.4, -0.2) is 40.4 Å². The van der Waals surface area contributed by atoms with E-state index in [1.165, 1.54) is 0 Å². The zero-order valence-electron chi connectivity index (χ0n) is 10.6. The topological polar surface area (TPSA) is 40.5 Å². The summed E-state index contributed by atoms with van der Waals surface area (Å²) in [6, 6.07) is 10.0. The second-order valence-corrected chi connectivity index (χ2v) is 5.83. The molecule has 98 valence electrons. The van der Waals surface area contributed by atoms with Crippen LogP contribution in [0.4, 0.5) is 0 Å². The predicted octanol–water partition coefficient (Wildman–Crippen LogP) is 2.15. The van der Waals surface area contributed by atoms with Crippen molar-refractivity contribution in [3.05, 3.63) is 30.3 Å². The maximum absolute atomic E-state index is 12.3. The van der Waals surface area contributed by atoms with Crippen molar-refractivity contribution in [3.8, 4) is 0 Å². The third-order valence-electron chi connectivity index (χ3n) is 3.14. The molecule has 2 rings (SSSR count). The number of aliphatic hydroxyl groups excluding tert-OH is 1. The average molecular weight is 265 g/mol. The molecule has 0 radical (unpaired) electrons. The molecule has 1 fully saturated rings. The normalized spacial score (nSPS) is 21.0. The summed E-state index contributed by atoms with van der Waals surface area (Å²) in [5, 5.41) is 9.45. The maximum atomic E-state index is 12.3. The van der Waals surface area contributed by atoms with Gasteiger partial charge in [0.1, 0.15) is 0 Å². The monoisotopic (exact) mass is 265 g/mol. The van der Waals surface area contributed by atoms with Crippen LogP contribution in [0.2, 0.25) is 0 Å². The zero-order valence-corrected chi connectivity index (χ0v) is 11.4. The first-order valence-electron chi connectivity index (χ1n) is 6.39. The molecule has 0 bridgehead atoms. The summed E-state index contributed by atoms with van der Waals surface area (Å²) in [4.78, 5) is 15.2. The van der Waals surface area contributed by atoms with Crippen LogP contribution in [-0.2, 0) is 4.79 Å². The minimum atomic E-state index is -0.340. The van der Waals surface area contributed by atoms with Crippen LogP contribution < -0.4 is 0 Å². The molecule has 1 aromatic rings. The number of carbonyl (C=O) groups excluding carboxylic acids is 1. The van der Waals surface area contributed by atoms with Crippen LogP contribution >= 0.6 is 11.8 Å². The molecule has 3 nitrogen and oxygen atoms in total. The molecular formula is C14H19NO2S. The number of rotatable bonds is 4. The Labute approximate surface area is 112 Å². The van der Waals surface area contributed by atoms with Gasteiger partial charge in [0.2, 0.25) is 5.91 Å². The van der Waals surface area contributed by atoms with Gasteiger partial charge >= 0.3 is 0 Å². The molecule has 1 aromatic carbocycles. The molecule has 1 heterocycles. The van der Waals surface area contributed by atoms with Crippen molar-refractivity contribution >= 4 is 17.7 Å². The van der Waals surface area contributed by atoms with E-state index in [1.807, 2.05) is 37.3 Å². The fraction of sp³-hybridized carbons (Fsp3) is 0.500. The Bertz CT molecular complexity index is 396. The molecule has 18 heavy (non-hydrogen) atoms. The number of aliphatic hydroxyl groups is 1. The number of hydrogen-bond donors (Lipinski definition) is 1. The lowest BCUT2D eigenvalue weighted by atomic mass is 10.3. The molecule has 1 saturated heterocycles. The molecule has 0 aliphatic carbocycles. The van der Waals surface area contributed by atoms with E-state index in [4.69, 9.17) is 0 Å². The molecular weight excluding hydrogens is 246 g/mol. The van der Waals surface area contributed by atoms with Gasteiger partial charge in [0, 0.05) is 18.0 Å². The molecule has 1 amide bonds. The second-order valence-electron chi connectivity index (χ2n) is 4.55. The lowest BCUT2D eigenvalue weighted by molar-refractivity contribution is -0.129. The van der Waals surface area contributed by atoms with Crippen molar-refractivity contribution in [1.29, 1.82) is 0 Å². The van der Waals surface area contributed by atoms with Crippen molar-refractivity contribution in [2.45, 2.75) is 36.0 Å². The first-order chi connectivity index (χ1) is 8.70. The molecule has 1 aliphatic rings. The van der Waals surface area contributed by atoms with Gasteiger partial charge in [-0.1, -0.05) is 25.1 Å². The Morgan fingerprint density at radius 3 is 2.78 bits per heavy atom. The van der Waals surface area contributed by atoms with Gasteiger partial charge in [-0.2, -0.15) is 0 Å². The van der Waals surface area contributed by atoms with Gasteiger partial charge in [-0.3, -0.25) is 4.79 Å². The number of hydrogen-bond acceptors (Lipinski definition) is 3. The van der Waals surface area contributed by atoms with Crippen LogP contribution in [0.25, 0.3) is 0 Å². The number of benzene rings is 1. The van der Waals surface area contributed by atoms with E-state index < -0.39 is 0 Å². The van der Waals surface area contributed by atoms with Gasteiger partial charge < -0.3 is 10.0 Å². The van der Waals surface area contributed by atoms with E-state index in [0.29, 0.717) is 19.5 Å². The minimum absolute atomic E-state index is 0.0438. The largest absolute Gasteiger partial charge is 0.391 e. The van der Waals surface area contributed by atoms with E-state index in [9.17, 15) is 9.90 Å². The van der Waals surface area contributed by atoms with Crippen LogP contribution in [0.5, 0.6) is 0 Å². The van der Waals surface area contributed by atoms with Crippen molar-refractivity contribution in [2.75, 3.05) is 13.1 Å². The second kappa shape index (κ2) is 6.25. The van der Waals surface area contributed by atoms with Gasteiger partial charge in [0.15, 0.2) is 0 Å². The fourth-order valence-electron chi connectivity index (χ4n) is 2.12. The summed E-state index contributed by atoms with van der Waals surface area (Å²) in [6.45, 7) is 3.21. The lowest BCUT2D eigenvalue weighted by Crippen LogP contribution is -2.36. The number of thioether (sulfide) groups is 1. The van der Waals surface area contributed by atoms with Crippen LogP contribution in [0.3, 0.4) is 0 Å². The number of carbonyl (C=O) groups is 1.